The highest BCUT2D eigenvalue weighted by atomic mass is 32.2. The topological polar surface area (TPSA) is 84.5 Å². The van der Waals surface area contributed by atoms with Gasteiger partial charge in [0.15, 0.2) is 0 Å². The smallest absolute Gasteiger partial charge is 0.224 e. The highest BCUT2D eigenvalue weighted by Gasteiger charge is 2.10. The molecule has 0 aliphatic carbocycles. The minimum Gasteiger partial charge on any atom is -0.381 e. The number of anilines is 1. The summed E-state index contributed by atoms with van der Waals surface area (Å²) < 4.78 is 31.7. The van der Waals surface area contributed by atoms with Crippen LogP contribution in [-0.4, -0.2) is 34.1 Å². The summed E-state index contributed by atoms with van der Waals surface area (Å²) in [5.74, 6) is -0.209. The first kappa shape index (κ1) is 22.8. The molecule has 7 heteroatoms. The monoisotopic (exact) mass is 416 g/mol. The molecule has 0 saturated carbocycles. The quantitative estimate of drug-likeness (QED) is 0.388. The zero-order valence-corrected chi connectivity index (χ0v) is 17.3. The average molecular weight is 417 g/mol. The molecule has 0 spiro atoms. The maximum atomic E-state index is 12.0. The molecule has 156 valence electrons. The van der Waals surface area contributed by atoms with E-state index in [9.17, 15) is 13.2 Å². The molecule has 6 nitrogen and oxygen atoms in total. The van der Waals surface area contributed by atoms with Gasteiger partial charge in [-0.25, -0.2) is 13.1 Å². The summed E-state index contributed by atoms with van der Waals surface area (Å²) in [6, 6.07) is 16.9. The predicted molar refractivity (Wildman–Crippen MR) is 116 cm³/mol. The molecule has 2 aromatic carbocycles. The van der Waals surface area contributed by atoms with Crippen molar-refractivity contribution in [3.8, 4) is 0 Å². The Kier molecular flexibility index (Phi) is 9.56. The van der Waals surface area contributed by atoms with E-state index in [0.29, 0.717) is 37.3 Å². The second-order valence-corrected chi connectivity index (χ2v) is 8.40. The summed E-state index contributed by atoms with van der Waals surface area (Å²) in [5.41, 5.74) is 2.52. The molecular formula is C22H28N2O4S. The Morgan fingerprint density at radius 3 is 2.41 bits per heavy atom. The molecule has 0 saturated heterocycles. The van der Waals surface area contributed by atoms with Crippen molar-refractivity contribution in [2.75, 3.05) is 25.1 Å². The third-order valence-corrected chi connectivity index (χ3v) is 5.43. The zero-order valence-electron chi connectivity index (χ0n) is 16.5. The molecule has 0 unspecified atom stereocenters. The maximum absolute atomic E-state index is 12.0. The Balaban J connectivity index is 1.64. The standard InChI is InChI=1S/C22H28N2O4S/c1-2-15-23-29(26,27)18-20-10-12-21(13-11-20)24-22(25)9-6-16-28-17-14-19-7-4-3-5-8-19/h2-5,7-8,10-13,23H,1,6,9,14-18H2,(H,24,25). The number of carbonyl (C=O) groups is 1. The minimum absolute atomic E-state index is 0.0929. The van der Waals surface area contributed by atoms with E-state index < -0.39 is 10.0 Å². The number of hydrogen-bond acceptors (Lipinski definition) is 4. The summed E-state index contributed by atoms with van der Waals surface area (Å²) in [7, 11) is -3.39. The molecule has 0 heterocycles. The molecule has 0 aliphatic rings. The van der Waals surface area contributed by atoms with Crippen molar-refractivity contribution in [3.05, 3.63) is 78.4 Å². The van der Waals surface area contributed by atoms with E-state index in [1.54, 1.807) is 24.3 Å². The van der Waals surface area contributed by atoms with Gasteiger partial charge in [0.05, 0.1) is 12.4 Å². The second-order valence-electron chi connectivity index (χ2n) is 6.59. The van der Waals surface area contributed by atoms with Gasteiger partial charge < -0.3 is 10.1 Å². The molecule has 0 atom stereocenters. The number of amides is 1. The van der Waals surface area contributed by atoms with Crippen molar-refractivity contribution in [2.45, 2.75) is 25.0 Å². The Hall–Kier alpha value is -2.48. The van der Waals surface area contributed by atoms with Crippen LogP contribution in [-0.2, 0) is 31.7 Å². The van der Waals surface area contributed by atoms with Crippen LogP contribution in [0.15, 0.2) is 67.3 Å². The van der Waals surface area contributed by atoms with Crippen molar-refractivity contribution in [1.82, 2.24) is 4.72 Å². The number of hydrogen-bond donors (Lipinski definition) is 2. The van der Waals surface area contributed by atoms with Gasteiger partial charge >= 0.3 is 0 Å². The number of benzene rings is 2. The van der Waals surface area contributed by atoms with Gasteiger partial charge in [0, 0.05) is 25.3 Å². The molecule has 2 rings (SSSR count). The second kappa shape index (κ2) is 12.2. The Labute approximate surface area is 173 Å². The van der Waals surface area contributed by atoms with Crippen molar-refractivity contribution >= 4 is 21.6 Å². The van der Waals surface area contributed by atoms with Crippen molar-refractivity contribution < 1.29 is 17.9 Å². The van der Waals surface area contributed by atoms with Gasteiger partial charge in [-0.05, 0) is 36.1 Å². The van der Waals surface area contributed by atoms with Crippen LogP contribution in [0.4, 0.5) is 5.69 Å². The van der Waals surface area contributed by atoms with E-state index in [1.807, 2.05) is 18.2 Å². The molecule has 2 N–H and O–H groups in total. The number of nitrogens with one attached hydrogen (secondary N) is 2. The lowest BCUT2D eigenvalue weighted by molar-refractivity contribution is -0.116. The minimum atomic E-state index is -3.39. The fraction of sp³-hybridized carbons (Fsp3) is 0.318. The first-order valence-corrected chi connectivity index (χ1v) is 11.2. The molecule has 2 aromatic rings. The van der Waals surface area contributed by atoms with Crippen LogP contribution in [0, 0.1) is 0 Å². The van der Waals surface area contributed by atoms with E-state index in [0.717, 1.165) is 6.42 Å². The molecule has 29 heavy (non-hydrogen) atoms. The Morgan fingerprint density at radius 2 is 1.72 bits per heavy atom. The summed E-state index contributed by atoms with van der Waals surface area (Å²) >= 11 is 0. The number of carbonyl (C=O) groups excluding carboxylic acids is 1. The molecule has 0 fully saturated rings. The lowest BCUT2D eigenvalue weighted by atomic mass is 10.2. The van der Waals surface area contributed by atoms with Crippen molar-refractivity contribution in [1.29, 1.82) is 0 Å². The molecular weight excluding hydrogens is 388 g/mol. The van der Waals surface area contributed by atoms with Crippen molar-refractivity contribution in [2.24, 2.45) is 0 Å². The molecule has 0 aliphatic heterocycles. The number of rotatable bonds is 13. The van der Waals surface area contributed by atoms with Gasteiger partial charge in [-0.2, -0.15) is 0 Å². The third-order valence-electron chi connectivity index (χ3n) is 4.11. The number of sulfonamides is 1. The summed E-state index contributed by atoms with van der Waals surface area (Å²) in [6.45, 7) is 4.86. The maximum Gasteiger partial charge on any atom is 0.224 e. The third kappa shape index (κ3) is 9.51. The zero-order chi connectivity index (χ0) is 21.0. The van der Waals surface area contributed by atoms with E-state index in [4.69, 9.17) is 4.74 Å². The van der Waals surface area contributed by atoms with E-state index in [-0.39, 0.29) is 18.2 Å². The molecule has 0 radical (unpaired) electrons. The SMILES string of the molecule is C=CCNS(=O)(=O)Cc1ccc(NC(=O)CCCOCCc2ccccc2)cc1. The highest BCUT2D eigenvalue weighted by Crippen LogP contribution is 2.12. The predicted octanol–water partition coefficient (Wildman–Crippen LogP) is 3.27. The van der Waals surface area contributed by atoms with Gasteiger partial charge in [-0.15, -0.1) is 6.58 Å². The summed E-state index contributed by atoms with van der Waals surface area (Å²) in [6.07, 6.45) is 3.36. The van der Waals surface area contributed by atoms with Gasteiger partial charge in [-0.3, -0.25) is 4.79 Å². The molecule has 0 aromatic heterocycles. The van der Waals surface area contributed by atoms with Crippen LogP contribution in [0.3, 0.4) is 0 Å². The van der Waals surface area contributed by atoms with Crippen LogP contribution in [0.25, 0.3) is 0 Å². The Morgan fingerprint density at radius 1 is 1.00 bits per heavy atom. The van der Waals surface area contributed by atoms with Crippen LogP contribution >= 0.6 is 0 Å². The fourth-order valence-corrected chi connectivity index (χ4v) is 3.74. The summed E-state index contributed by atoms with van der Waals surface area (Å²) in [5, 5.41) is 2.81. The van der Waals surface area contributed by atoms with E-state index in [1.165, 1.54) is 11.6 Å². The first-order chi connectivity index (χ1) is 14.0. The lowest BCUT2D eigenvalue weighted by Gasteiger charge is -2.08. The molecule has 0 bridgehead atoms. The Bertz CT molecular complexity index is 865. The molecule has 1 amide bonds. The lowest BCUT2D eigenvalue weighted by Crippen LogP contribution is -2.25. The largest absolute Gasteiger partial charge is 0.381 e. The normalized spacial score (nSPS) is 11.2. The van der Waals surface area contributed by atoms with Crippen LogP contribution < -0.4 is 10.0 Å². The average Bonchev–Trinajstić information content (AvgIpc) is 2.71. The van der Waals surface area contributed by atoms with Crippen molar-refractivity contribution in [3.63, 3.8) is 0 Å². The van der Waals surface area contributed by atoms with E-state index in [2.05, 4.69) is 28.8 Å². The first-order valence-electron chi connectivity index (χ1n) is 9.57. The van der Waals surface area contributed by atoms with Gasteiger partial charge in [-0.1, -0.05) is 48.5 Å². The highest BCUT2D eigenvalue weighted by molar-refractivity contribution is 7.88. The van der Waals surface area contributed by atoms with Gasteiger partial charge in [0.25, 0.3) is 0 Å². The van der Waals surface area contributed by atoms with Crippen LogP contribution in [0.5, 0.6) is 0 Å². The number of ether oxygens (including phenoxy) is 1. The van der Waals surface area contributed by atoms with E-state index >= 15 is 0 Å². The van der Waals surface area contributed by atoms with Gasteiger partial charge in [0.1, 0.15) is 0 Å². The van der Waals surface area contributed by atoms with Crippen LogP contribution in [0.1, 0.15) is 24.0 Å². The van der Waals surface area contributed by atoms with Gasteiger partial charge in [0.2, 0.25) is 15.9 Å². The summed E-state index contributed by atoms with van der Waals surface area (Å²) in [4.78, 5) is 12.0. The fourth-order valence-electron chi connectivity index (χ4n) is 2.64. The van der Waals surface area contributed by atoms with Crippen LogP contribution in [0.2, 0.25) is 0 Å².